The fraction of sp³-hybridized carbons (Fsp3) is 0.176. The van der Waals surface area contributed by atoms with Crippen molar-refractivity contribution < 1.29 is 9.47 Å². The zero-order valence-electron chi connectivity index (χ0n) is 14.0. The molecule has 0 spiro atoms. The normalized spacial score (nSPS) is 10.2. The van der Waals surface area contributed by atoms with Crippen molar-refractivity contribution in [2.24, 2.45) is 7.05 Å². The Balaban J connectivity index is 1.84. The Kier molecular flexibility index (Phi) is 4.48. The maximum Gasteiger partial charge on any atom is 0.256 e. The zero-order chi connectivity index (χ0) is 17.8. The molecule has 0 bridgehead atoms. The minimum atomic E-state index is 0.427. The largest absolute Gasteiger partial charge is 0.495 e. The molecule has 0 aliphatic carbocycles. The van der Waals surface area contributed by atoms with E-state index in [1.807, 2.05) is 6.07 Å². The summed E-state index contributed by atoms with van der Waals surface area (Å²) in [7, 11) is 4.89. The van der Waals surface area contributed by atoms with Crippen LogP contribution in [0.25, 0.3) is 11.1 Å². The van der Waals surface area contributed by atoms with Crippen LogP contribution in [0.2, 0.25) is 0 Å². The molecule has 2 heterocycles. The average Bonchev–Trinajstić information content (AvgIpc) is 3.01. The van der Waals surface area contributed by atoms with Crippen LogP contribution in [0.5, 0.6) is 11.6 Å². The highest BCUT2D eigenvalue weighted by molar-refractivity contribution is 5.67. The van der Waals surface area contributed by atoms with E-state index in [4.69, 9.17) is 14.7 Å². The van der Waals surface area contributed by atoms with Crippen molar-refractivity contribution in [2.75, 3.05) is 19.5 Å². The van der Waals surface area contributed by atoms with Gasteiger partial charge in [-0.05, 0) is 17.7 Å². The standard InChI is InChI=1S/C17H16N6O2/c1-23-10-14(16(22-23)25-3)21-17-19-8-13(9-20-17)11-4-5-12(7-18)15(6-11)24-2/h4-6,8-10H,1-3H3,(H,19,20,21). The number of benzene rings is 1. The highest BCUT2D eigenvalue weighted by Crippen LogP contribution is 2.27. The molecule has 0 saturated heterocycles. The monoisotopic (exact) mass is 336 g/mol. The third kappa shape index (κ3) is 3.35. The van der Waals surface area contributed by atoms with Gasteiger partial charge < -0.3 is 14.8 Å². The molecule has 0 fully saturated rings. The van der Waals surface area contributed by atoms with Crippen molar-refractivity contribution in [3.05, 3.63) is 42.4 Å². The predicted molar refractivity (Wildman–Crippen MR) is 91.8 cm³/mol. The van der Waals surface area contributed by atoms with Crippen LogP contribution in [0.4, 0.5) is 11.6 Å². The summed E-state index contributed by atoms with van der Waals surface area (Å²) in [6, 6.07) is 7.41. The fourth-order valence-electron chi connectivity index (χ4n) is 2.33. The quantitative estimate of drug-likeness (QED) is 0.764. The fourth-order valence-corrected chi connectivity index (χ4v) is 2.33. The van der Waals surface area contributed by atoms with Crippen LogP contribution < -0.4 is 14.8 Å². The van der Waals surface area contributed by atoms with Gasteiger partial charge in [-0.1, -0.05) is 6.07 Å². The second-order valence-corrected chi connectivity index (χ2v) is 5.17. The first-order valence-electron chi connectivity index (χ1n) is 7.40. The highest BCUT2D eigenvalue weighted by Gasteiger charge is 2.10. The Morgan fingerprint density at radius 2 is 1.88 bits per heavy atom. The number of hydrogen-bond acceptors (Lipinski definition) is 7. The average molecular weight is 336 g/mol. The molecular formula is C17H16N6O2. The van der Waals surface area contributed by atoms with Crippen LogP contribution >= 0.6 is 0 Å². The summed E-state index contributed by atoms with van der Waals surface area (Å²) in [5.74, 6) is 1.41. The van der Waals surface area contributed by atoms with Crippen LogP contribution in [0.15, 0.2) is 36.8 Å². The van der Waals surface area contributed by atoms with Crippen molar-refractivity contribution >= 4 is 11.6 Å². The lowest BCUT2D eigenvalue weighted by molar-refractivity contribution is 0.393. The Morgan fingerprint density at radius 3 is 2.52 bits per heavy atom. The van der Waals surface area contributed by atoms with Crippen LogP contribution in [-0.4, -0.2) is 34.0 Å². The van der Waals surface area contributed by atoms with Gasteiger partial charge in [0.2, 0.25) is 5.95 Å². The van der Waals surface area contributed by atoms with Gasteiger partial charge in [-0.2, -0.15) is 5.26 Å². The maximum atomic E-state index is 9.05. The zero-order valence-corrected chi connectivity index (χ0v) is 14.0. The molecule has 8 nitrogen and oxygen atoms in total. The molecule has 25 heavy (non-hydrogen) atoms. The van der Waals surface area contributed by atoms with Crippen molar-refractivity contribution in [3.63, 3.8) is 0 Å². The number of anilines is 2. The molecule has 0 aliphatic heterocycles. The highest BCUT2D eigenvalue weighted by atomic mass is 16.5. The van der Waals surface area contributed by atoms with Crippen LogP contribution in [-0.2, 0) is 7.05 Å². The molecule has 0 radical (unpaired) electrons. The lowest BCUT2D eigenvalue weighted by atomic mass is 10.1. The van der Waals surface area contributed by atoms with E-state index >= 15 is 0 Å². The van der Waals surface area contributed by atoms with Gasteiger partial charge in [0.25, 0.3) is 5.88 Å². The number of methoxy groups -OCH3 is 2. The molecule has 0 aliphatic rings. The number of rotatable bonds is 5. The Hall–Kier alpha value is -3.60. The molecule has 3 rings (SSSR count). The van der Waals surface area contributed by atoms with Gasteiger partial charge in [0.1, 0.15) is 17.5 Å². The van der Waals surface area contributed by atoms with Gasteiger partial charge in [0, 0.05) is 25.0 Å². The smallest absolute Gasteiger partial charge is 0.256 e. The molecule has 1 aromatic carbocycles. The second kappa shape index (κ2) is 6.88. The topological polar surface area (TPSA) is 97.9 Å². The van der Waals surface area contributed by atoms with E-state index in [0.717, 1.165) is 11.1 Å². The van der Waals surface area contributed by atoms with E-state index in [1.54, 1.807) is 49.6 Å². The number of nitrogens with zero attached hydrogens (tertiary/aromatic N) is 5. The lowest BCUT2D eigenvalue weighted by Gasteiger charge is -2.07. The van der Waals surface area contributed by atoms with Crippen LogP contribution in [0.3, 0.4) is 0 Å². The summed E-state index contributed by atoms with van der Waals surface area (Å²) >= 11 is 0. The van der Waals surface area contributed by atoms with E-state index in [2.05, 4.69) is 26.5 Å². The third-order valence-electron chi connectivity index (χ3n) is 3.54. The molecule has 0 amide bonds. The first kappa shape index (κ1) is 16.3. The van der Waals surface area contributed by atoms with Gasteiger partial charge in [-0.25, -0.2) is 9.97 Å². The van der Waals surface area contributed by atoms with E-state index in [1.165, 1.54) is 7.11 Å². The maximum absolute atomic E-state index is 9.05. The molecule has 2 aromatic heterocycles. The number of ether oxygens (including phenoxy) is 2. The third-order valence-corrected chi connectivity index (χ3v) is 3.54. The number of aromatic nitrogens is 4. The molecule has 0 unspecified atom stereocenters. The Bertz CT molecular complexity index is 927. The lowest BCUT2D eigenvalue weighted by Crippen LogP contribution is -1.98. The van der Waals surface area contributed by atoms with Crippen molar-refractivity contribution in [1.29, 1.82) is 5.26 Å². The summed E-state index contributed by atoms with van der Waals surface area (Å²) in [5.41, 5.74) is 2.83. The van der Waals surface area contributed by atoms with Crippen molar-refractivity contribution in [3.8, 4) is 28.8 Å². The van der Waals surface area contributed by atoms with Crippen molar-refractivity contribution in [2.45, 2.75) is 0 Å². The summed E-state index contributed by atoms with van der Waals surface area (Å²) in [4.78, 5) is 8.62. The Labute approximate surface area is 144 Å². The molecule has 1 N–H and O–H groups in total. The number of nitrogens with one attached hydrogen (secondary N) is 1. The van der Waals surface area contributed by atoms with Gasteiger partial charge in [-0.3, -0.25) is 4.68 Å². The SMILES string of the molecule is COc1cc(-c2cnc(Nc3cn(C)nc3OC)nc2)ccc1C#N. The molecular weight excluding hydrogens is 320 g/mol. The van der Waals surface area contributed by atoms with Crippen LogP contribution in [0.1, 0.15) is 5.56 Å². The summed E-state index contributed by atoms with van der Waals surface area (Å²) in [6.07, 6.45) is 5.17. The molecule has 3 aromatic rings. The van der Waals surface area contributed by atoms with E-state index in [-0.39, 0.29) is 0 Å². The summed E-state index contributed by atoms with van der Waals surface area (Å²) in [6.45, 7) is 0. The summed E-state index contributed by atoms with van der Waals surface area (Å²) in [5, 5.41) is 16.3. The first-order chi connectivity index (χ1) is 12.1. The van der Waals surface area contributed by atoms with E-state index in [9.17, 15) is 0 Å². The second-order valence-electron chi connectivity index (χ2n) is 5.17. The molecule has 126 valence electrons. The predicted octanol–water partition coefficient (Wildman–Crippen LogP) is 2.51. The number of hydrogen-bond donors (Lipinski definition) is 1. The van der Waals surface area contributed by atoms with E-state index in [0.29, 0.717) is 28.8 Å². The number of aryl methyl sites for hydroxylation is 1. The minimum Gasteiger partial charge on any atom is -0.495 e. The van der Waals surface area contributed by atoms with Gasteiger partial charge >= 0.3 is 0 Å². The first-order valence-corrected chi connectivity index (χ1v) is 7.40. The van der Waals surface area contributed by atoms with Crippen LogP contribution in [0, 0.1) is 11.3 Å². The summed E-state index contributed by atoms with van der Waals surface area (Å²) < 4.78 is 12.1. The minimum absolute atomic E-state index is 0.427. The Morgan fingerprint density at radius 1 is 1.12 bits per heavy atom. The van der Waals surface area contributed by atoms with Gasteiger partial charge in [0.15, 0.2) is 0 Å². The molecule has 0 atom stereocenters. The molecule has 8 heteroatoms. The van der Waals surface area contributed by atoms with Gasteiger partial charge in [-0.15, -0.1) is 5.10 Å². The van der Waals surface area contributed by atoms with Gasteiger partial charge in [0.05, 0.1) is 26.0 Å². The van der Waals surface area contributed by atoms with Crippen molar-refractivity contribution in [1.82, 2.24) is 19.7 Å². The number of nitriles is 1. The molecule has 0 saturated carbocycles. The van der Waals surface area contributed by atoms with E-state index < -0.39 is 0 Å².